The first-order valence-electron chi connectivity index (χ1n) is 6.86. The van der Waals surface area contributed by atoms with Gasteiger partial charge in [-0.3, -0.25) is 0 Å². The standard InChI is InChI=1S/C15H22N2O2/c1-4-14-10-13(16-18)8-9-17(14)19-15-11(2)6-5-7-12(15)3/h5-7,14,18H,4,8-10H2,1-3H3. The van der Waals surface area contributed by atoms with Gasteiger partial charge in [0.25, 0.3) is 0 Å². The van der Waals surface area contributed by atoms with E-state index in [9.17, 15) is 0 Å². The van der Waals surface area contributed by atoms with Crippen molar-refractivity contribution in [1.29, 1.82) is 0 Å². The van der Waals surface area contributed by atoms with E-state index in [4.69, 9.17) is 10.0 Å². The summed E-state index contributed by atoms with van der Waals surface area (Å²) in [4.78, 5) is 6.11. The fraction of sp³-hybridized carbons (Fsp3) is 0.533. The van der Waals surface area contributed by atoms with Gasteiger partial charge in [0.15, 0.2) is 5.75 Å². The Kier molecular flexibility index (Phi) is 4.43. The maximum Gasteiger partial charge on any atom is 0.153 e. The fourth-order valence-electron chi connectivity index (χ4n) is 2.52. The van der Waals surface area contributed by atoms with E-state index in [0.29, 0.717) is 0 Å². The van der Waals surface area contributed by atoms with Gasteiger partial charge in [-0.25, -0.2) is 0 Å². The van der Waals surface area contributed by atoms with Crippen LogP contribution in [0.15, 0.2) is 23.4 Å². The van der Waals surface area contributed by atoms with Crippen LogP contribution in [-0.4, -0.2) is 28.6 Å². The Balaban J connectivity index is 2.14. The van der Waals surface area contributed by atoms with Crippen LogP contribution in [0.4, 0.5) is 0 Å². The Bertz CT molecular complexity index is 451. The van der Waals surface area contributed by atoms with Gasteiger partial charge in [0.05, 0.1) is 11.8 Å². The van der Waals surface area contributed by atoms with E-state index in [1.165, 1.54) is 0 Å². The summed E-state index contributed by atoms with van der Waals surface area (Å²) in [5.41, 5.74) is 3.17. The quantitative estimate of drug-likeness (QED) is 0.671. The number of rotatable bonds is 3. The molecular formula is C15H22N2O2. The summed E-state index contributed by atoms with van der Waals surface area (Å²) in [5.74, 6) is 0.949. The molecule has 1 aromatic carbocycles. The van der Waals surface area contributed by atoms with Crippen LogP contribution in [0.25, 0.3) is 0 Å². The molecule has 4 heteroatoms. The third kappa shape index (κ3) is 3.07. The highest BCUT2D eigenvalue weighted by atomic mass is 16.7. The summed E-state index contributed by atoms with van der Waals surface area (Å²) in [7, 11) is 0. The van der Waals surface area contributed by atoms with Gasteiger partial charge in [-0.2, -0.15) is 0 Å². The van der Waals surface area contributed by atoms with Gasteiger partial charge in [-0.1, -0.05) is 30.3 Å². The molecule has 1 unspecified atom stereocenters. The van der Waals surface area contributed by atoms with E-state index in [0.717, 1.165) is 48.4 Å². The van der Waals surface area contributed by atoms with E-state index >= 15 is 0 Å². The van der Waals surface area contributed by atoms with E-state index < -0.39 is 0 Å². The second-order valence-electron chi connectivity index (χ2n) is 5.14. The highest BCUT2D eigenvalue weighted by Gasteiger charge is 2.27. The number of benzene rings is 1. The van der Waals surface area contributed by atoms with Gasteiger partial charge in [0.1, 0.15) is 0 Å². The van der Waals surface area contributed by atoms with Crippen molar-refractivity contribution >= 4 is 5.71 Å². The molecule has 19 heavy (non-hydrogen) atoms. The molecule has 1 N–H and O–H groups in total. The van der Waals surface area contributed by atoms with Crippen LogP contribution in [0, 0.1) is 13.8 Å². The van der Waals surface area contributed by atoms with Crippen molar-refractivity contribution in [3.05, 3.63) is 29.3 Å². The Morgan fingerprint density at radius 1 is 1.37 bits per heavy atom. The topological polar surface area (TPSA) is 45.1 Å². The summed E-state index contributed by atoms with van der Waals surface area (Å²) in [5, 5.41) is 14.3. The van der Waals surface area contributed by atoms with Crippen LogP contribution >= 0.6 is 0 Å². The molecule has 2 rings (SSSR count). The summed E-state index contributed by atoms with van der Waals surface area (Å²) >= 11 is 0. The van der Waals surface area contributed by atoms with Crippen molar-refractivity contribution < 1.29 is 10.0 Å². The molecule has 1 aliphatic heterocycles. The van der Waals surface area contributed by atoms with Gasteiger partial charge in [0.2, 0.25) is 0 Å². The molecule has 0 bridgehead atoms. The molecule has 1 heterocycles. The highest BCUT2D eigenvalue weighted by molar-refractivity contribution is 5.85. The van der Waals surface area contributed by atoms with Gasteiger partial charge in [-0.05, 0) is 31.4 Å². The minimum atomic E-state index is 0.277. The molecule has 0 amide bonds. The summed E-state index contributed by atoms with van der Waals surface area (Å²) in [6, 6.07) is 6.45. The molecule has 0 saturated carbocycles. The van der Waals surface area contributed by atoms with Crippen molar-refractivity contribution in [3.63, 3.8) is 0 Å². The zero-order valence-corrected chi connectivity index (χ0v) is 11.9. The van der Waals surface area contributed by atoms with Crippen molar-refractivity contribution in [2.75, 3.05) is 6.54 Å². The van der Waals surface area contributed by atoms with Crippen LogP contribution in [0.3, 0.4) is 0 Å². The van der Waals surface area contributed by atoms with E-state index in [-0.39, 0.29) is 6.04 Å². The second kappa shape index (κ2) is 6.06. The lowest BCUT2D eigenvalue weighted by molar-refractivity contribution is -0.0995. The average molecular weight is 262 g/mol. The Labute approximate surface area is 114 Å². The van der Waals surface area contributed by atoms with Crippen LogP contribution in [-0.2, 0) is 0 Å². The van der Waals surface area contributed by atoms with Crippen molar-refractivity contribution in [2.45, 2.75) is 46.1 Å². The Hall–Kier alpha value is -1.55. The number of hydrogen-bond acceptors (Lipinski definition) is 4. The highest BCUT2D eigenvalue weighted by Crippen LogP contribution is 2.27. The van der Waals surface area contributed by atoms with Gasteiger partial charge in [-0.15, -0.1) is 5.06 Å². The van der Waals surface area contributed by atoms with Crippen molar-refractivity contribution in [2.24, 2.45) is 5.16 Å². The number of para-hydroxylation sites is 1. The van der Waals surface area contributed by atoms with E-state index in [1.54, 1.807) is 0 Å². The predicted octanol–water partition coefficient (Wildman–Crippen LogP) is 3.30. The van der Waals surface area contributed by atoms with Crippen molar-refractivity contribution in [3.8, 4) is 5.75 Å². The number of nitrogens with zero attached hydrogens (tertiary/aromatic N) is 2. The average Bonchev–Trinajstić information content (AvgIpc) is 2.43. The number of hydroxylamine groups is 2. The Morgan fingerprint density at radius 2 is 2.05 bits per heavy atom. The van der Waals surface area contributed by atoms with E-state index in [1.807, 2.05) is 11.1 Å². The number of oxime groups is 1. The SMILES string of the molecule is CCC1CC(=NO)CCN1Oc1c(C)cccc1C. The monoisotopic (exact) mass is 262 g/mol. The first kappa shape index (κ1) is 13.9. The van der Waals surface area contributed by atoms with Crippen LogP contribution in [0.1, 0.15) is 37.3 Å². The fourth-order valence-corrected chi connectivity index (χ4v) is 2.52. The predicted molar refractivity (Wildman–Crippen MR) is 75.8 cm³/mol. The Morgan fingerprint density at radius 3 is 2.63 bits per heavy atom. The summed E-state index contributed by atoms with van der Waals surface area (Å²) < 4.78 is 0. The molecule has 1 aliphatic rings. The molecule has 1 aromatic rings. The minimum absolute atomic E-state index is 0.277. The van der Waals surface area contributed by atoms with Crippen molar-refractivity contribution in [1.82, 2.24) is 5.06 Å². The molecule has 104 valence electrons. The number of piperidine rings is 1. The number of hydrogen-bond donors (Lipinski definition) is 1. The molecule has 0 spiro atoms. The minimum Gasteiger partial charge on any atom is -0.411 e. The lowest BCUT2D eigenvalue weighted by atomic mass is 10.0. The zero-order chi connectivity index (χ0) is 13.8. The zero-order valence-electron chi connectivity index (χ0n) is 11.9. The largest absolute Gasteiger partial charge is 0.411 e. The lowest BCUT2D eigenvalue weighted by Gasteiger charge is -2.35. The molecule has 4 nitrogen and oxygen atoms in total. The summed E-state index contributed by atoms with van der Waals surface area (Å²) in [6.07, 6.45) is 2.51. The molecule has 0 aliphatic carbocycles. The maximum absolute atomic E-state index is 8.90. The van der Waals surface area contributed by atoms with Crippen LogP contribution < -0.4 is 4.84 Å². The molecular weight excluding hydrogens is 240 g/mol. The normalized spacial score (nSPS) is 22.7. The first-order valence-corrected chi connectivity index (χ1v) is 6.86. The molecule has 1 saturated heterocycles. The van der Waals surface area contributed by atoms with Gasteiger partial charge < -0.3 is 10.0 Å². The third-order valence-corrected chi connectivity index (χ3v) is 3.73. The van der Waals surface area contributed by atoms with Crippen LogP contribution in [0.5, 0.6) is 5.75 Å². The summed E-state index contributed by atoms with van der Waals surface area (Å²) in [6.45, 7) is 7.03. The maximum atomic E-state index is 8.90. The lowest BCUT2D eigenvalue weighted by Crippen LogP contribution is -2.44. The van der Waals surface area contributed by atoms with Crippen LogP contribution in [0.2, 0.25) is 0 Å². The smallest absolute Gasteiger partial charge is 0.153 e. The van der Waals surface area contributed by atoms with Gasteiger partial charge >= 0.3 is 0 Å². The number of aryl methyl sites for hydroxylation is 2. The third-order valence-electron chi connectivity index (χ3n) is 3.73. The van der Waals surface area contributed by atoms with Gasteiger partial charge in [0, 0.05) is 19.4 Å². The molecule has 1 atom stereocenters. The molecule has 1 fully saturated rings. The molecule has 0 radical (unpaired) electrons. The second-order valence-corrected chi connectivity index (χ2v) is 5.14. The molecule has 0 aromatic heterocycles. The first-order chi connectivity index (χ1) is 9.15. The van der Waals surface area contributed by atoms with E-state index in [2.05, 4.69) is 38.1 Å².